The molecule has 3 N–H and O–H groups in total. The molecule has 1 aromatic heterocycles. The van der Waals surface area contributed by atoms with E-state index in [0.717, 1.165) is 17.2 Å². The second-order valence-electron chi connectivity index (χ2n) is 10.1. The van der Waals surface area contributed by atoms with Gasteiger partial charge in [-0.15, -0.1) is 0 Å². The summed E-state index contributed by atoms with van der Waals surface area (Å²) in [5.74, 6) is 0.568. The second-order valence-corrected chi connectivity index (χ2v) is 10.1. The average molecular weight is 540 g/mol. The maximum absolute atomic E-state index is 14.0. The summed E-state index contributed by atoms with van der Waals surface area (Å²) in [5.41, 5.74) is 2.38. The number of nitrogens with zero attached hydrogens (tertiary/aromatic N) is 2. The third kappa shape index (κ3) is 7.11. The average Bonchev–Trinajstić information content (AvgIpc) is 3.38. The number of benzene rings is 3. The molecule has 0 saturated heterocycles. The Morgan fingerprint density at radius 1 is 0.923 bits per heavy atom. The highest BCUT2D eigenvalue weighted by Crippen LogP contribution is 2.40. The Morgan fingerprint density at radius 2 is 1.69 bits per heavy atom. The van der Waals surface area contributed by atoms with Crippen LogP contribution in [0.2, 0.25) is 0 Å². The van der Waals surface area contributed by atoms with Crippen molar-refractivity contribution in [1.29, 1.82) is 0 Å². The number of aromatic nitrogens is 2. The summed E-state index contributed by atoms with van der Waals surface area (Å²) in [5, 5.41) is 26.4. The highest BCUT2D eigenvalue weighted by Gasteiger charge is 2.34. The fourth-order valence-electron chi connectivity index (χ4n) is 4.57. The number of aliphatic hydroxyl groups is 2. The summed E-state index contributed by atoms with van der Waals surface area (Å²) in [6, 6.07) is 18.0. The van der Waals surface area contributed by atoms with Crippen molar-refractivity contribution in [2.45, 2.75) is 52.1 Å². The van der Waals surface area contributed by atoms with E-state index >= 15 is 0 Å². The van der Waals surface area contributed by atoms with Gasteiger partial charge in [-0.3, -0.25) is 0 Å². The summed E-state index contributed by atoms with van der Waals surface area (Å²) < 4.78 is 47.5. The van der Waals surface area contributed by atoms with Gasteiger partial charge in [-0.05, 0) is 72.7 Å². The molecule has 9 heteroatoms. The van der Waals surface area contributed by atoms with Crippen molar-refractivity contribution < 1.29 is 27.9 Å². The molecule has 0 saturated carbocycles. The molecule has 206 valence electrons. The van der Waals surface area contributed by atoms with Crippen LogP contribution in [0.3, 0.4) is 0 Å². The van der Waals surface area contributed by atoms with E-state index in [4.69, 9.17) is 4.52 Å². The van der Waals surface area contributed by atoms with Crippen LogP contribution in [0.15, 0.2) is 71.3 Å². The SMILES string of the molecule is Cc1ccccc1-c1ccc(-c2nc(-c3cccc(CCNC(CC(C)C)C(O)O)c3)no2)cc1C(F)(F)F. The van der Waals surface area contributed by atoms with Crippen LogP contribution in [0.25, 0.3) is 34.0 Å². The van der Waals surface area contributed by atoms with E-state index in [1.54, 1.807) is 43.3 Å². The lowest BCUT2D eigenvalue weighted by Gasteiger charge is -2.22. The Morgan fingerprint density at radius 3 is 2.38 bits per heavy atom. The van der Waals surface area contributed by atoms with Gasteiger partial charge >= 0.3 is 6.18 Å². The molecule has 3 aromatic carbocycles. The smallest absolute Gasteiger partial charge is 0.367 e. The Balaban J connectivity index is 1.54. The largest absolute Gasteiger partial charge is 0.417 e. The predicted molar refractivity (Wildman–Crippen MR) is 144 cm³/mol. The minimum Gasteiger partial charge on any atom is -0.367 e. The molecular weight excluding hydrogens is 507 g/mol. The van der Waals surface area contributed by atoms with Gasteiger partial charge in [-0.1, -0.05) is 67.5 Å². The van der Waals surface area contributed by atoms with E-state index in [1.807, 2.05) is 32.0 Å². The van der Waals surface area contributed by atoms with Crippen molar-refractivity contribution in [3.63, 3.8) is 0 Å². The van der Waals surface area contributed by atoms with Crippen LogP contribution < -0.4 is 5.32 Å². The van der Waals surface area contributed by atoms with Gasteiger partial charge in [0.15, 0.2) is 6.29 Å². The maximum atomic E-state index is 14.0. The van der Waals surface area contributed by atoms with E-state index in [9.17, 15) is 23.4 Å². The van der Waals surface area contributed by atoms with Crippen LogP contribution in [-0.4, -0.2) is 39.2 Å². The Hall–Kier alpha value is -3.53. The molecule has 0 aliphatic rings. The number of halogens is 3. The van der Waals surface area contributed by atoms with Crippen LogP contribution >= 0.6 is 0 Å². The Labute approximate surface area is 225 Å². The number of hydrogen-bond donors (Lipinski definition) is 3. The molecule has 1 atom stereocenters. The molecule has 1 unspecified atom stereocenters. The fraction of sp³-hybridized carbons (Fsp3) is 0.333. The van der Waals surface area contributed by atoms with Crippen LogP contribution in [0.4, 0.5) is 13.2 Å². The van der Waals surface area contributed by atoms with Crippen molar-refractivity contribution >= 4 is 0 Å². The van der Waals surface area contributed by atoms with Crippen LogP contribution in [0.1, 0.15) is 37.0 Å². The van der Waals surface area contributed by atoms with Crippen LogP contribution in [0, 0.1) is 12.8 Å². The first-order chi connectivity index (χ1) is 18.5. The molecule has 0 aliphatic carbocycles. The zero-order valence-corrected chi connectivity index (χ0v) is 22.0. The first kappa shape index (κ1) is 28.5. The number of alkyl halides is 3. The number of nitrogens with one attached hydrogen (secondary N) is 1. The molecule has 0 bridgehead atoms. The highest BCUT2D eigenvalue weighted by molar-refractivity contribution is 5.74. The summed E-state index contributed by atoms with van der Waals surface area (Å²) in [6.45, 7) is 6.34. The molecule has 4 rings (SSSR count). The summed E-state index contributed by atoms with van der Waals surface area (Å²) in [6.07, 6.45) is -4.76. The third-order valence-electron chi connectivity index (χ3n) is 6.52. The summed E-state index contributed by atoms with van der Waals surface area (Å²) >= 11 is 0. The zero-order chi connectivity index (χ0) is 28.2. The van der Waals surface area contributed by atoms with Crippen molar-refractivity contribution in [1.82, 2.24) is 15.5 Å². The first-order valence-electron chi connectivity index (χ1n) is 12.8. The lowest BCUT2D eigenvalue weighted by Crippen LogP contribution is -2.41. The monoisotopic (exact) mass is 539 g/mol. The molecule has 0 aliphatic heterocycles. The molecular formula is C30H32F3N3O3. The summed E-state index contributed by atoms with van der Waals surface area (Å²) in [4.78, 5) is 4.37. The van der Waals surface area contributed by atoms with Gasteiger partial charge in [-0.25, -0.2) is 0 Å². The predicted octanol–water partition coefficient (Wildman–Crippen LogP) is 6.26. The molecule has 6 nitrogen and oxygen atoms in total. The van der Waals surface area contributed by atoms with E-state index in [2.05, 4.69) is 15.5 Å². The van der Waals surface area contributed by atoms with Crippen molar-refractivity contribution in [3.05, 3.63) is 83.4 Å². The van der Waals surface area contributed by atoms with Gasteiger partial charge < -0.3 is 20.1 Å². The van der Waals surface area contributed by atoms with Gasteiger partial charge in [-0.2, -0.15) is 18.2 Å². The van der Waals surface area contributed by atoms with Crippen LogP contribution in [-0.2, 0) is 12.6 Å². The van der Waals surface area contributed by atoms with Gasteiger partial charge in [0.1, 0.15) is 0 Å². The molecule has 1 heterocycles. The molecule has 0 spiro atoms. The zero-order valence-electron chi connectivity index (χ0n) is 22.0. The number of rotatable bonds is 10. The number of aryl methyl sites for hydroxylation is 1. The lowest BCUT2D eigenvalue weighted by atomic mass is 9.94. The van der Waals surface area contributed by atoms with Gasteiger partial charge in [0.05, 0.1) is 11.6 Å². The number of aliphatic hydroxyl groups excluding tert-OH is 1. The Bertz CT molecular complexity index is 1400. The lowest BCUT2D eigenvalue weighted by molar-refractivity contribution is -0.137. The molecule has 4 aromatic rings. The Kier molecular flexibility index (Phi) is 8.84. The fourth-order valence-corrected chi connectivity index (χ4v) is 4.57. The minimum absolute atomic E-state index is 0.00707. The maximum Gasteiger partial charge on any atom is 0.417 e. The standard InChI is InChI=1S/C30H32F3N3O3/c1-18(2)15-26(29(37)38)34-14-13-20-8-6-9-21(16-20)27-35-28(39-36-27)22-11-12-24(25(17-22)30(31,32)33)23-10-5-4-7-19(23)3/h4-12,16-18,26,29,34,37-38H,13-15H2,1-3H3. The summed E-state index contributed by atoms with van der Waals surface area (Å²) in [7, 11) is 0. The normalized spacial score (nSPS) is 12.9. The molecule has 0 amide bonds. The van der Waals surface area contributed by atoms with E-state index in [0.29, 0.717) is 36.4 Å². The number of hydrogen-bond acceptors (Lipinski definition) is 6. The molecule has 39 heavy (non-hydrogen) atoms. The van der Waals surface area contributed by atoms with Crippen molar-refractivity contribution in [3.8, 4) is 34.0 Å². The third-order valence-corrected chi connectivity index (χ3v) is 6.52. The van der Waals surface area contributed by atoms with Crippen molar-refractivity contribution in [2.75, 3.05) is 6.54 Å². The first-order valence-corrected chi connectivity index (χ1v) is 12.8. The van der Waals surface area contributed by atoms with Gasteiger partial charge in [0.2, 0.25) is 5.82 Å². The van der Waals surface area contributed by atoms with E-state index < -0.39 is 24.1 Å². The quantitative estimate of drug-likeness (QED) is 0.206. The molecule has 0 fully saturated rings. The highest BCUT2D eigenvalue weighted by atomic mass is 19.4. The second kappa shape index (κ2) is 12.1. The minimum atomic E-state index is -4.57. The van der Waals surface area contributed by atoms with Gasteiger partial charge in [0.25, 0.3) is 5.89 Å². The van der Waals surface area contributed by atoms with Crippen LogP contribution in [0.5, 0.6) is 0 Å². The van der Waals surface area contributed by atoms with E-state index in [1.165, 1.54) is 6.07 Å². The molecule has 0 radical (unpaired) electrons. The van der Waals surface area contributed by atoms with E-state index in [-0.39, 0.29) is 22.8 Å². The van der Waals surface area contributed by atoms with Gasteiger partial charge in [0, 0.05) is 11.1 Å². The topological polar surface area (TPSA) is 91.4 Å². The van der Waals surface area contributed by atoms with Crippen molar-refractivity contribution in [2.24, 2.45) is 5.92 Å².